The van der Waals surface area contributed by atoms with Crippen molar-refractivity contribution in [3.8, 4) is 0 Å². The molecule has 0 bridgehead atoms. The summed E-state index contributed by atoms with van der Waals surface area (Å²) in [6.45, 7) is 4.63. The van der Waals surface area contributed by atoms with E-state index >= 15 is 0 Å². The molecular weight excluding hydrogens is 385 g/mol. The van der Waals surface area contributed by atoms with Gasteiger partial charge in [0, 0.05) is 44.1 Å². The van der Waals surface area contributed by atoms with E-state index < -0.39 is 11.7 Å². The summed E-state index contributed by atoms with van der Waals surface area (Å²) in [4.78, 5) is 4.67. The summed E-state index contributed by atoms with van der Waals surface area (Å²) in [5, 5.41) is 6.11. The Bertz CT molecular complexity index is 800. The molecule has 0 atom stereocenters. The van der Waals surface area contributed by atoms with E-state index in [0.717, 1.165) is 43.9 Å². The summed E-state index contributed by atoms with van der Waals surface area (Å²) in [6, 6.07) is 13.2. The van der Waals surface area contributed by atoms with Crippen LogP contribution in [0, 0.1) is 0 Å². The van der Waals surface area contributed by atoms with Crippen LogP contribution in [-0.2, 0) is 12.7 Å². The molecule has 0 radical (unpaired) electrons. The summed E-state index contributed by atoms with van der Waals surface area (Å²) in [5.74, 6) is 0. The highest BCUT2D eigenvalue weighted by Gasteiger charge is 2.30. The number of hydrogen-bond donors (Lipinski definition) is 2. The van der Waals surface area contributed by atoms with Crippen molar-refractivity contribution in [3.05, 3.63) is 59.7 Å². The van der Waals surface area contributed by atoms with Gasteiger partial charge >= 0.3 is 6.18 Å². The van der Waals surface area contributed by atoms with Crippen LogP contribution in [0.3, 0.4) is 0 Å². The normalized spacial score (nSPS) is 15.4. The van der Waals surface area contributed by atoms with Crippen LogP contribution in [0.4, 0.5) is 24.5 Å². The number of halogens is 3. The summed E-state index contributed by atoms with van der Waals surface area (Å²) in [6.07, 6.45) is -4.38. The Hall–Kier alpha value is -2.32. The van der Waals surface area contributed by atoms with Gasteiger partial charge in [0.1, 0.15) is 0 Å². The Morgan fingerprint density at radius 2 is 1.71 bits per heavy atom. The Kier molecular flexibility index (Phi) is 6.41. The van der Waals surface area contributed by atoms with Crippen molar-refractivity contribution in [1.82, 2.24) is 10.2 Å². The van der Waals surface area contributed by atoms with Gasteiger partial charge in [-0.1, -0.05) is 18.2 Å². The van der Waals surface area contributed by atoms with E-state index in [9.17, 15) is 13.2 Å². The second-order valence-electron chi connectivity index (χ2n) is 6.84. The van der Waals surface area contributed by atoms with Gasteiger partial charge in [-0.2, -0.15) is 13.2 Å². The summed E-state index contributed by atoms with van der Waals surface area (Å²) in [7, 11) is 2.13. The zero-order valence-electron chi connectivity index (χ0n) is 15.6. The number of piperazine rings is 1. The first-order valence-corrected chi connectivity index (χ1v) is 9.46. The molecule has 0 unspecified atom stereocenters. The number of rotatable bonds is 4. The highest BCUT2D eigenvalue weighted by Crippen LogP contribution is 2.30. The summed E-state index contributed by atoms with van der Waals surface area (Å²) in [5.41, 5.74) is 1.84. The van der Waals surface area contributed by atoms with Gasteiger partial charge < -0.3 is 20.4 Å². The Morgan fingerprint density at radius 1 is 1.04 bits per heavy atom. The first kappa shape index (κ1) is 20.4. The molecule has 150 valence electrons. The predicted molar refractivity (Wildman–Crippen MR) is 111 cm³/mol. The molecular formula is C20H23F3N4S. The van der Waals surface area contributed by atoms with Gasteiger partial charge in [0.25, 0.3) is 0 Å². The van der Waals surface area contributed by atoms with Crippen molar-refractivity contribution in [2.45, 2.75) is 12.7 Å². The zero-order valence-corrected chi connectivity index (χ0v) is 16.4. The third kappa shape index (κ3) is 5.59. The molecule has 0 aliphatic carbocycles. The van der Waals surface area contributed by atoms with Crippen LogP contribution < -0.4 is 15.5 Å². The molecule has 0 aromatic heterocycles. The van der Waals surface area contributed by atoms with Crippen LogP contribution in [0.15, 0.2) is 48.5 Å². The van der Waals surface area contributed by atoms with Crippen molar-refractivity contribution < 1.29 is 13.2 Å². The minimum Gasteiger partial charge on any atom is -0.369 e. The van der Waals surface area contributed by atoms with Crippen LogP contribution in [0.25, 0.3) is 0 Å². The summed E-state index contributed by atoms with van der Waals surface area (Å²) < 4.78 is 38.3. The van der Waals surface area contributed by atoms with Gasteiger partial charge in [0.05, 0.1) is 5.56 Å². The molecule has 1 aliphatic rings. The number of hydrogen-bond acceptors (Lipinski definition) is 3. The van der Waals surface area contributed by atoms with Crippen LogP contribution in [-0.4, -0.2) is 43.2 Å². The number of likely N-dealkylation sites (N-methyl/N-ethyl adjacent to an activating group) is 1. The highest BCUT2D eigenvalue weighted by molar-refractivity contribution is 7.80. The van der Waals surface area contributed by atoms with Crippen LogP contribution in [0.5, 0.6) is 0 Å². The zero-order chi connectivity index (χ0) is 20.1. The molecule has 1 fully saturated rings. The van der Waals surface area contributed by atoms with Crippen molar-refractivity contribution >= 4 is 28.7 Å². The average Bonchev–Trinajstić information content (AvgIpc) is 2.67. The Balaban J connectivity index is 1.51. The lowest BCUT2D eigenvalue weighted by molar-refractivity contribution is -0.137. The average molecular weight is 408 g/mol. The van der Waals surface area contributed by atoms with Crippen molar-refractivity contribution in [2.24, 2.45) is 0 Å². The van der Waals surface area contributed by atoms with Crippen LogP contribution in [0.2, 0.25) is 0 Å². The maximum Gasteiger partial charge on any atom is 0.416 e. The number of thiocarbonyl (C=S) groups is 1. The SMILES string of the molecule is CN1CCN(c2ccc(CNC(=S)Nc3cccc(C(F)(F)F)c3)cc2)CC1. The van der Waals surface area contributed by atoms with E-state index in [-0.39, 0.29) is 5.11 Å². The minimum absolute atomic E-state index is 0.280. The lowest BCUT2D eigenvalue weighted by atomic mass is 10.2. The maximum absolute atomic E-state index is 12.8. The highest BCUT2D eigenvalue weighted by atomic mass is 32.1. The van der Waals surface area contributed by atoms with Gasteiger partial charge in [-0.05, 0) is 55.2 Å². The number of nitrogens with one attached hydrogen (secondary N) is 2. The van der Waals surface area contributed by atoms with E-state index in [1.165, 1.54) is 11.8 Å². The summed E-state index contributed by atoms with van der Waals surface area (Å²) >= 11 is 5.19. The van der Waals surface area contributed by atoms with Crippen LogP contribution in [0.1, 0.15) is 11.1 Å². The molecule has 0 amide bonds. The van der Waals surface area contributed by atoms with Gasteiger partial charge in [-0.15, -0.1) is 0 Å². The molecule has 1 heterocycles. The molecule has 2 N–H and O–H groups in total. The Morgan fingerprint density at radius 3 is 2.36 bits per heavy atom. The topological polar surface area (TPSA) is 30.5 Å². The molecule has 0 saturated carbocycles. The fourth-order valence-corrected chi connectivity index (χ4v) is 3.21. The molecule has 1 saturated heterocycles. The smallest absolute Gasteiger partial charge is 0.369 e. The number of alkyl halides is 3. The monoisotopic (exact) mass is 408 g/mol. The molecule has 2 aromatic rings. The van der Waals surface area contributed by atoms with Gasteiger partial charge in [0.2, 0.25) is 0 Å². The van der Waals surface area contributed by atoms with E-state index in [0.29, 0.717) is 12.2 Å². The van der Waals surface area contributed by atoms with Crippen LogP contribution >= 0.6 is 12.2 Å². The third-order valence-electron chi connectivity index (χ3n) is 4.71. The molecule has 28 heavy (non-hydrogen) atoms. The van der Waals surface area contributed by atoms with Gasteiger partial charge in [-0.25, -0.2) is 0 Å². The van der Waals surface area contributed by atoms with E-state index in [1.54, 1.807) is 6.07 Å². The second kappa shape index (κ2) is 8.79. The molecule has 0 spiro atoms. The maximum atomic E-state index is 12.8. The van der Waals surface area contributed by atoms with E-state index in [2.05, 4.69) is 39.6 Å². The predicted octanol–water partition coefficient (Wildman–Crippen LogP) is 3.94. The third-order valence-corrected chi connectivity index (χ3v) is 4.95. The second-order valence-corrected chi connectivity index (χ2v) is 7.25. The molecule has 2 aromatic carbocycles. The van der Waals surface area contributed by atoms with Gasteiger partial charge in [0.15, 0.2) is 5.11 Å². The fraction of sp³-hybridized carbons (Fsp3) is 0.350. The van der Waals surface area contributed by atoms with Crippen molar-refractivity contribution in [2.75, 3.05) is 43.4 Å². The lowest BCUT2D eigenvalue weighted by Crippen LogP contribution is -2.44. The molecule has 3 rings (SSSR count). The standard InChI is InChI=1S/C20H23F3N4S/c1-26-9-11-27(12-10-26)18-7-5-15(6-8-18)14-24-19(28)25-17-4-2-3-16(13-17)20(21,22)23/h2-8,13H,9-12,14H2,1H3,(H2,24,25,28). The number of anilines is 2. The minimum atomic E-state index is -4.38. The first-order valence-electron chi connectivity index (χ1n) is 9.06. The van der Waals surface area contributed by atoms with Gasteiger partial charge in [-0.3, -0.25) is 0 Å². The van der Waals surface area contributed by atoms with Crippen molar-refractivity contribution in [3.63, 3.8) is 0 Å². The number of nitrogens with zero attached hydrogens (tertiary/aromatic N) is 2. The molecule has 4 nitrogen and oxygen atoms in total. The van der Waals surface area contributed by atoms with Crippen molar-refractivity contribution in [1.29, 1.82) is 0 Å². The first-order chi connectivity index (χ1) is 13.3. The number of benzene rings is 2. The molecule has 1 aliphatic heterocycles. The fourth-order valence-electron chi connectivity index (χ4n) is 3.02. The largest absolute Gasteiger partial charge is 0.416 e. The molecule has 8 heteroatoms. The quantitative estimate of drug-likeness (QED) is 0.749. The van der Waals surface area contributed by atoms with E-state index in [1.807, 2.05) is 12.1 Å². The Labute approximate surface area is 168 Å². The lowest BCUT2D eigenvalue weighted by Gasteiger charge is -2.34. The van der Waals surface area contributed by atoms with E-state index in [4.69, 9.17) is 12.2 Å².